The molecule has 8 nitrogen and oxygen atoms in total. The van der Waals surface area contributed by atoms with Crippen molar-refractivity contribution in [2.75, 3.05) is 12.3 Å². The molecule has 0 saturated carbocycles. The summed E-state index contributed by atoms with van der Waals surface area (Å²) in [5.74, 6) is 0.376. The summed E-state index contributed by atoms with van der Waals surface area (Å²) in [7, 11) is -3.64. The first-order valence-electron chi connectivity index (χ1n) is 6.18. The molecule has 0 spiro atoms. The Bertz CT molecular complexity index is 854. The number of nitrogens with two attached hydrogens (primary N) is 1. The quantitative estimate of drug-likeness (QED) is 0.594. The number of hydrogen-bond acceptors (Lipinski definition) is 6. The van der Waals surface area contributed by atoms with Crippen LogP contribution in [0.3, 0.4) is 0 Å². The molecule has 3 rings (SSSR count). The van der Waals surface area contributed by atoms with Crippen LogP contribution in [0.2, 0.25) is 0 Å². The summed E-state index contributed by atoms with van der Waals surface area (Å²) in [5.41, 5.74) is 6.92. The van der Waals surface area contributed by atoms with E-state index in [-0.39, 0.29) is 11.4 Å². The van der Waals surface area contributed by atoms with Gasteiger partial charge in [0.25, 0.3) is 0 Å². The molecule has 2 aromatic heterocycles. The Labute approximate surface area is 120 Å². The van der Waals surface area contributed by atoms with Crippen LogP contribution in [0.1, 0.15) is 5.89 Å². The first kappa shape index (κ1) is 13.6. The molecule has 4 N–H and O–H groups in total. The third kappa shape index (κ3) is 2.73. The Balaban J connectivity index is 1.81. The van der Waals surface area contributed by atoms with Crippen molar-refractivity contribution in [3.8, 4) is 0 Å². The van der Waals surface area contributed by atoms with Crippen LogP contribution >= 0.6 is 0 Å². The zero-order valence-electron chi connectivity index (χ0n) is 10.9. The van der Waals surface area contributed by atoms with Gasteiger partial charge in [0.2, 0.25) is 15.9 Å². The number of fused-ring (bicyclic) bond motifs is 1. The number of rotatable bonds is 5. The molecule has 0 fully saturated rings. The van der Waals surface area contributed by atoms with Gasteiger partial charge in [-0.2, -0.15) is 4.98 Å². The average molecular weight is 307 g/mol. The maximum atomic E-state index is 12.3. The fourth-order valence-electron chi connectivity index (χ4n) is 2.01. The third-order valence-corrected chi connectivity index (χ3v) is 4.50. The minimum Gasteiger partial charge on any atom is -0.399 e. The smallest absolute Gasteiger partial charge is 0.242 e. The maximum Gasteiger partial charge on any atom is 0.242 e. The van der Waals surface area contributed by atoms with Crippen LogP contribution < -0.4 is 10.5 Å². The van der Waals surface area contributed by atoms with Crippen molar-refractivity contribution in [2.24, 2.45) is 0 Å². The number of sulfonamides is 1. The molecule has 3 aromatic rings. The van der Waals surface area contributed by atoms with Gasteiger partial charge in [0.1, 0.15) is 4.90 Å². The summed E-state index contributed by atoms with van der Waals surface area (Å²) in [6.45, 7) is 0.166. The van der Waals surface area contributed by atoms with Crippen LogP contribution in [0.15, 0.2) is 40.1 Å². The number of nitrogen functional groups attached to an aromatic ring is 1. The van der Waals surface area contributed by atoms with Gasteiger partial charge in [0.15, 0.2) is 6.33 Å². The second-order valence-corrected chi connectivity index (χ2v) is 6.18. The molecule has 0 aliphatic carbocycles. The van der Waals surface area contributed by atoms with Crippen molar-refractivity contribution in [3.63, 3.8) is 0 Å². The number of nitrogens with one attached hydrogen (secondary N) is 2. The van der Waals surface area contributed by atoms with E-state index >= 15 is 0 Å². The third-order valence-electron chi connectivity index (χ3n) is 3.00. The largest absolute Gasteiger partial charge is 0.399 e. The number of aromatic nitrogens is 3. The van der Waals surface area contributed by atoms with Gasteiger partial charge in [-0.15, -0.1) is 0 Å². The van der Waals surface area contributed by atoms with E-state index in [1.807, 2.05) is 0 Å². The van der Waals surface area contributed by atoms with E-state index in [0.29, 0.717) is 28.9 Å². The highest BCUT2D eigenvalue weighted by molar-refractivity contribution is 7.89. The molecule has 2 heterocycles. The lowest BCUT2D eigenvalue weighted by atomic mass is 10.2. The lowest BCUT2D eigenvalue weighted by Crippen LogP contribution is -2.25. The first-order valence-corrected chi connectivity index (χ1v) is 7.66. The Morgan fingerprint density at radius 3 is 3.00 bits per heavy atom. The number of hydrogen-bond donors (Lipinski definition) is 3. The zero-order valence-corrected chi connectivity index (χ0v) is 11.7. The summed E-state index contributed by atoms with van der Waals surface area (Å²) < 4.78 is 31.9. The fourth-order valence-corrected chi connectivity index (χ4v) is 3.21. The van der Waals surface area contributed by atoms with Crippen LogP contribution in [-0.2, 0) is 16.4 Å². The molecule has 110 valence electrons. The van der Waals surface area contributed by atoms with Crippen LogP contribution in [0.4, 0.5) is 5.69 Å². The van der Waals surface area contributed by atoms with E-state index in [0.717, 1.165) is 0 Å². The monoisotopic (exact) mass is 307 g/mol. The van der Waals surface area contributed by atoms with Gasteiger partial charge >= 0.3 is 0 Å². The molecular formula is C12H13N5O3S. The first-order chi connectivity index (χ1) is 10.1. The summed E-state index contributed by atoms with van der Waals surface area (Å²) in [5, 5.41) is 4.01. The molecule has 0 aliphatic heterocycles. The van der Waals surface area contributed by atoms with Crippen LogP contribution in [0.5, 0.6) is 0 Å². The Morgan fingerprint density at radius 2 is 2.24 bits per heavy atom. The van der Waals surface area contributed by atoms with Crippen molar-refractivity contribution in [1.29, 1.82) is 0 Å². The second kappa shape index (κ2) is 5.19. The van der Waals surface area contributed by atoms with Gasteiger partial charge in [-0.05, 0) is 18.2 Å². The van der Waals surface area contributed by atoms with Crippen LogP contribution in [0.25, 0.3) is 10.9 Å². The Kier molecular flexibility index (Phi) is 3.35. The van der Waals surface area contributed by atoms with Crippen molar-refractivity contribution >= 4 is 26.6 Å². The standard InChI is InChI=1S/C12H13N5O3S/c13-8-1-2-10-9(5-8)11(6-14-10)21(18,19)17-4-3-12-15-7-16-20-12/h1-2,5-7,14,17H,3-4,13H2. The average Bonchev–Trinajstić information content (AvgIpc) is 3.07. The van der Waals surface area contributed by atoms with Gasteiger partial charge in [-0.1, -0.05) is 5.16 Å². The molecular weight excluding hydrogens is 294 g/mol. The van der Waals surface area contributed by atoms with E-state index in [1.54, 1.807) is 18.2 Å². The Morgan fingerprint density at radius 1 is 1.38 bits per heavy atom. The van der Waals surface area contributed by atoms with Crippen molar-refractivity contribution in [2.45, 2.75) is 11.3 Å². The Hall–Kier alpha value is -2.39. The summed E-state index contributed by atoms with van der Waals surface area (Å²) >= 11 is 0. The van der Waals surface area contributed by atoms with E-state index in [2.05, 4.69) is 19.8 Å². The van der Waals surface area contributed by atoms with Crippen LogP contribution in [0, 0.1) is 0 Å². The lowest BCUT2D eigenvalue weighted by Gasteiger charge is -2.04. The minimum atomic E-state index is -3.64. The predicted octanol–water partition coefficient (Wildman–Crippen LogP) is 0.654. The van der Waals surface area contributed by atoms with E-state index in [4.69, 9.17) is 10.3 Å². The highest BCUT2D eigenvalue weighted by Gasteiger charge is 2.18. The number of H-pyrrole nitrogens is 1. The van der Waals surface area contributed by atoms with Gasteiger partial charge in [-0.3, -0.25) is 0 Å². The molecule has 9 heteroatoms. The van der Waals surface area contributed by atoms with Crippen molar-refractivity contribution in [1.82, 2.24) is 19.8 Å². The molecule has 0 aliphatic rings. The van der Waals surface area contributed by atoms with E-state index in [1.165, 1.54) is 12.5 Å². The van der Waals surface area contributed by atoms with E-state index in [9.17, 15) is 8.42 Å². The second-order valence-electron chi connectivity index (χ2n) is 4.44. The number of benzene rings is 1. The highest BCUT2D eigenvalue weighted by atomic mass is 32.2. The summed E-state index contributed by atoms with van der Waals surface area (Å²) in [6.07, 6.45) is 3.04. The molecule has 0 saturated heterocycles. The van der Waals surface area contributed by atoms with Gasteiger partial charge in [0, 0.05) is 35.8 Å². The van der Waals surface area contributed by atoms with Gasteiger partial charge in [0.05, 0.1) is 0 Å². The van der Waals surface area contributed by atoms with Crippen LogP contribution in [-0.4, -0.2) is 30.1 Å². The van der Waals surface area contributed by atoms with Gasteiger partial charge in [-0.25, -0.2) is 13.1 Å². The van der Waals surface area contributed by atoms with E-state index < -0.39 is 10.0 Å². The highest BCUT2D eigenvalue weighted by Crippen LogP contribution is 2.24. The molecule has 0 atom stereocenters. The predicted molar refractivity (Wildman–Crippen MR) is 75.9 cm³/mol. The number of nitrogens with zero attached hydrogens (tertiary/aromatic N) is 2. The molecule has 0 amide bonds. The summed E-state index contributed by atoms with van der Waals surface area (Å²) in [6, 6.07) is 5.07. The molecule has 0 radical (unpaired) electrons. The normalized spacial score (nSPS) is 12.0. The van der Waals surface area contributed by atoms with Crippen molar-refractivity contribution < 1.29 is 12.9 Å². The lowest BCUT2D eigenvalue weighted by molar-refractivity contribution is 0.377. The summed E-state index contributed by atoms with van der Waals surface area (Å²) in [4.78, 5) is 6.90. The number of anilines is 1. The fraction of sp³-hybridized carbons (Fsp3) is 0.167. The maximum absolute atomic E-state index is 12.3. The van der Waals surface area contributed by atoms with Gasteiger partial charge < -0.3 is 15.2 Å². The molecule has 1 aromatic carbocycles. The molecule has 0 bridgehead atoms. The number of aromatic amines is 1. The SMILES string of the molecule is Nc1ccc2[nH]cc(S(=O)(=O)NCCc3ncno3)c2c1. The molecule has 21 heavy (non-hydrogen) atoms. The topological polar surface area (TPSA) is 127 Å². The zero-order chi connectivity index (χ0) is 14.9. The minimum absolute atomic E-state index is 0.162. The molecule has 0 unspecified atom stereocenters. The van der Waals surface area contributed by atoms with Crippen molar-refractivity contribution in [3.05, 3.63) is 36.6 Å².